The predicted molar refractivity (Wildman–Crippen MR) is 78.3 cm³/mol. The van der Waals surface area contributed by atoms with Crippen molar-refractivity contribution in [3.63, 3.8) is 0 Å². The van der Waals surface area contributed by atoms with Gasteiger partial charge in [0, 0.05) is 26.3 Å². The van der Waals surface area contributed by atoms with Gasteiger partial charge in [0.2, 0.25) is 0 Å². The summed E-state index contributed by atoms with van der Waals surface area (Å²) in [5.41, 5.74) is 7.98. The molecule has 1 aliphatic rings. The molecule has 1 saturated heterocycles. The molecule has 1 aromatic rings. The van der Waals surface area contributed by atoms with Gasteiger partial charge in [-0.25, -0.2) is 0 Å². The molecule has 0 aromatic carbocycles. The average molecular weight is 266 g/mol. The van der Waals surface area contributed by atoms with Crippen molar-refractivity contribution >= 4 is 11.5 Å². The molecular weight excluding hydrogens is 240 g/mol. The van der Waals surface area contributed by atoms with Crippen molar-refractivity contribution in [1.29, 1.82) is 0 Å². The first-order valence-corrected chi connectivity index (χ1v) is 7.17. The lowest BCUT2D eigenvalue weighted by Crippen LogP contribution is -2.31. The normalized spacial score (nSPS) is 18.8. The first-order chi connectivity index (χ1) is 9.00. The predicted octanol–water partition coefficient (Wildman–Crippen LogP) is 2.35. The maximum absolute atomic E-state index is 6.21. The molecule has 3 N–H and O–H groups in total. The van der Waals surface area contributed by atoms with Crippen molar-refractivity contribution in [2.45, 2.75) is 45.6 Å². The van der Waals surface area contributed by atoms with E-state index >= 15 is 0 Å². The summed E-state index contributed by atoms with van der Waals surface area (Å²) >= 11 is 0. The fourth-order valence-corrected chi connectivity index (χ4v) is 2.71. The van der Waals surface area contributed by atoms with E-state index in [0.29, 0.717) is 17.9 Å². The molecule has 0 bridgehead atoms. The summed E-state index contributed by atoms with van der Waals surface area (Å²) in [7, 11) is 1.95. The van der Waals surface area contributed by atoms with E-state index in [-0.39, 0.29) is 0 Å². The van der Waals surface area contributed by atoms with Gasteiger partial charge in [0.05, 0.1) is 11.4 Å². The molecule has 0 amide bonds. The second-order valence-electron chi connectivity index (χ2n) is 5.81. The monoisotopic (exact) mass is 266 g/mol. The number of ether oxygens (including phenoxy) is 1. The Morgan fingerprint density at radius 3 is 2.47 bits per heavy atom. The Morgan fingerprint density at radius 2 is 1.95 bits per heavy atom. The van der Waals surface area contributed by atoms with Crippen LogP contribution in [0.3, 0.4) is 0 Å². The van der Waals surface area contributed by atoms with Gasteiger partial charge in [0.15, 0.2) is 0 Å². The van der Waals surface area contributed by atoms with Crippen LogP contribution in [0, 0.1) is 5.92 Å². The minimum atomic E-state index is 0.347. The fraction of sp³-hybridized carbons (Fsp3) is 0.786. The molecule has 0 aliphatic carbocycles. The smallest absolute Gasteiger partial charge is 0.148 e. The third kappa shape index (κ3) is 3.03. The van der Waals surface area contributed by atoms with Crippen LogP contribution in [0.2, 0.25) is 0 Å². The highest BCUT2D eigenvalue weighted by Crippen LogP contribution is 2.30. The van der Waals surface area contributed by atoms with E-state index in [1.54, 1.807) is 0 Å². The van der Waals surface area contributed by atoms with Gasteiger partial charge < -0.3 is 15.8 Å². The molecule has 0 radical (unpaired) electrons. The number of aryl methyl sites for hydroxylation is 1. The SMILES string of the molecule is CC(C)c1nn(C)c(NC(C)C2CCOCC2)c1N. The lowest BCUT2D eigenvalue weighted by atomic mass is 9.93. The largest absolute Gasteiger partial charge is 0.394 e. The van der Waals surface area contributed by atoms with Gasteiger partial charge >= 0.3 is 0 Å². The molecule has 108 valence electrons. The van der Waals surface area contributed by atoms with Crippen LogP contribution in [0.25, 0.3) is 0 Å². The van der Waals surface area contributed by atoms with Gasteiger partial charge in [0.1, 0.15) is 5.82 Å². The fourth-order valence-electron chi connectivity index (χ4n) is 2.71. The van der Waals surface area contributed by atoms with Crippen molar-refractivity contribution in [3.05, 3.63) is 5.69 Å². The number of nitrogens with two attached hydrogens (primary N) is 1. The summed E-state index contributed by atoms with van der Waals surface area (Å²) in [6.45, 7) is 8.19. The molecule has 1 fully saturated rings. The molecule has 0 spiro atoms. The number of nitrogens with one attached hydrogen (secondary N) is 1. The lowest BCUT2D eigenvalue weighted by molar-refractivity contribution is 0.0622. The van der Waals surface area contributed by atoms with Crippen LogP contribution in [0.5, 0.6) is 0 Å². The third-order valence-corrected chi connectivity index (χ3v) is 4.00. The minimum absolute atomic E-state index is 0.347. The van der Waals surface area contributed by atoms with Gasteiger partial charge in [0.25, 0.3) is 0 Å². The summed E-state index contributed by atoms with van der Waals surface area (Å²) in [5.74, 6) is 1.94. The number of aromatic nitrogens is 2. The molecule has 0 saturated carbocycles. The first kappa shape index (κ1) is 14.2. The molecule has 2 heterocycles. The topological polar surface area (TPSA) is 65.1 Å². The Bertz CT molecular complexity index is 421. The van der Waals surface area contributed by atoms with Gasteiger partial charge in [-0.05, 0) is 31.6 Å². The summed E-state index contributed by atoms with van der Waals surface area (Å²) in [6.07, 6.45) is 2.23. The number of nitrogen functional groups attached to an aromatic ring is 1. The van der Waals surface area contributed by atoms with Gasteiger partial charge in [-0.3, -0.25) is 4.68 Å². The van der Waals surface area contributed by atoms with Gasteiger partial charge in [-0.1, -0.05) is 13.8 Å². The average Bonchev–Trinajstić information content (AvgIpc) is 2.68. The van der Waals surface area contributed by atoms with Crippen molar-refractivity contribution in [2.24, 2.45) is 13.0 Å². The zero-order valence-corrected chi connectivity index (χ0v) is 12.4. The van der Waals surface area contributed by atoms with E-state index in [0.717, 1.165) is 43.3 Å². The van der Waals surface area contributed by atoms with Crippen molar-refractivity contribution in [2.75, 3.05) is 24.3 Å². The highest BCUT2D eigenvalue weighted by molar-refractivity contribution is 5.66. The molecule has 1 unspecified atom stereocenters. The molecule has 1 atom stereocenters. The van der Waals surface area contributed by atoms with E-state index in [9.17, 15) is 0 Å². The summed E-state index contributed by atoms with van der Waals surface area (Å²) < 4.78 is 7.27. The molecule has 5 heteroatoms. The van der Waals surface area contributed by atoms with Crippen LogP contribution in [-0.4, -0.2) is 29.0 Å². The number of hydrogen-bond acceptors (Lipinski definition) is 4. The number of rotatable bonds is 4. The van der Waals surface area contributed by atoms with Crippen molar-refractivity contribution < 1.29 is 4.74 Å². The summed E-state index contributed by atoms with van der Waals surface area (Å²) in [6, 6.07) is 0.390. The zero-order chi connectivity index (χ0) is 14.0. The molecule has 2 rings (SSSR count). The maximum atomic E-state index is 6.21. The lowest BCUT2D eigenvalue weighted by Gasteiger charge is -2.29. The summed E-state index contributed by atoms with van der Waals surface area (Å²) in [5, 5.41) is 8.06. The van der Waals surface area contributed by atoms with Crippen LogP contribution in [0.1, 0.15) is 45.2 Å². The highest BCUT2D eigenvalue weighted by atomic mass is 16.5. The van der Waals surface area contributed by atoms with E-state index in [4.69, 9.17) is 10.5 Å². The molecule has 5 nitrogen and oxygen atoms in total. The molecular formula is C14H26N4O. The number of hydrogen-bond donors (Lipinski definition) is 2. The van der Waals surface area contributed by atoms with Gasteiger partial charge in [-0.2, -0.15) is 5.10 Å². The minimum Gasteiger partial charge on any atom is -0.394 e. The molecule has 19 heavy (non-hydrogen) atoms. The quantitative estimate of drug-likeness (QED) is 0.878. The maximum Gasteiger partial charge on any atom is 0.148 e. The van der Waals surface area contributed by atoms with Crippen LogP contribution < -0.4 is 11.1 Å². The van der Waals surface area contributed by atoms with Crippen LogP contribution in [0.15, 0.2) is 0 Å². The molecule has 1 aromatic heterocycles. The van der Waals surface area contributed by atoms with Crippen molar-refractivity contribution in [3.8, 4) is 0 Å². The van der Waals surface area contributed by atoms with E-state index in [1.165, 1.54) is 0 Å². The summed E-state index contributed by atoms with van der Waals surface area (Å²) in [4.78, 5) is 0. The standard InChI is InChI=1S/C14H26N4O/c1-9(2)13-12(15)14(18(4)17-13)16-10(3)11-5-7-19-8-6-11/h9-11,16H,5-8,15H2,1-4H3. The highest BCUT2D eigenvalue weighted by Gasteiger charge is 2.23. The van der Waals surface area contributed by atoms with E-state index < -0.39 is 0 Å². The van der Waals surface area contributed by atoms with Crippen LogP contribution in [0.4, 0.5) is 11.5 Å². The van der Waals surface area contributed by atoms with Crippen molar-refractivity contribution in [1.82, 2.24) is 9.78 Å². The second-order valence-corrected chi connectivity index (χ2v) is 5.81. The van der Waals surface area contributed by atoms with Crippen LogP contribution in [-0.2, 0) is 11.8 Å². The Labute approximate surface area is 115 Å². The molecule has 1 aliphatic heterocycles. The van der Waals surface area contributed by atoms with Crippen LogP contribution >= 0.6 is 0 Å². The van der Waals surface area contributed by atoms with E-state index in [1.807, 2.05) is 11.7 Å². The first-order valence-electron chi connectivity index (χ1n) is 7.17. The van der Waals surface area contributed by atoms with Gasteiger partial charge in [-0.15, -0.1) is 0 Å². The number of anilines is 2. The Hall–Kier alpha value is -1.23. The number of nitrogens with zero attached hydrogens (tertiary/aromatic N) is 2. The Kier molecular flexibility index (Phi) is 4.34. The second kappa shape index (κ2) is 5.82. The Balaban J connectivity index is 2.09. The zero-order valence-electron chi connectivity index (χ0n) is 12.4. The third-order valence-electron chi connectivity index (χ3n) is 4.00. The van der Waals surface area contributed by atoms with E-state index in [2.05, 4.69) is 31.2 Å². The Morgan fingerprint density at radius 1 is 1.32 bits per heavy atom.